The first-order valence-electron chi connectivity index (χ1n) is 5.80. The molecule has 0 saturated carbocycles. The molecule has 0 unspecified atom stereocenters. The molecule has 0 heterocycles. The second kappa shape index (κ2) is 6.06. The van der Waals surface area contributed by atoms with Gasteiger partial charge in [-0.3, -0.25) is 4.31 Å². The predicted octanol–water partition coefficient (Wildman–Crippen LogP) is 3.80. The van der Waals surface area contributed by atoms with Gasteiger partial charge in [-0.2, -0.15) is 5.26 Å². The number of hydrogen-bond donors (Lipinski definition) is 0. The average molecular weight is 386 g/mol. The van der Waals surface area contributed by atoms with Crippen molar-refractivity contribution in [3.05, 3.63) is 57.5 Å². The monoisotopic (exact) mass is 384 g/mol. The molecule has 2 rings (SSSR count). The van der Waals surface area contributed by atoms with Gasteiger partial charge in [-0.1, -0.05) is 11.6 Å². The number of benzene rings is 2. The summed E-state index contributed by atoms with van der Waals surface area (Å²) in [5, 5.41) is 9.20. The molecule has 0 bridgehead atoms. The topological polar surface area (TPSA) is 61.2 Å². The van der Waals surface area contributed by atoms with Crippen LogP contribution in [0.4, 0.5) is 5.69 Å². The Bertz CT molecular complexity index is 814. The highest BCUT2D eigenvalue weighted by molar-refractivity contribution is 9.10. The zero-order valence-corrected chi connectivity index (χ0v) is 14.1. The minimum absolute atomic E-state index is 0.130. The molecule has 0 aliphatic rings. The van der Waals surface area contributed by atoms with Gasteiger partial charge in [0.15, 0.2) is 0 Å². The van der Waals surface area contributed by atoms with Gasteiger partial charge >= 0.3 is 0 Å². The maximum atomic E-state index is 12.5. The van der Waals surface area contributed by atoms with Crippen LogP contribution < -0.4 is 4.31 Å². The van der Waals surface area contributed by atoms with E-state index in [1.165, 1.54) is 25.2 Å². The van der Waals surface area contributed by atoms with Crippen LogP contribution in [0.5, 0.6) is 0 Å². The molecule has 0 saturated heterocycles. The highest BCUT2D eigenvalue weighted by Gasteiger charge is 2.22. The first-order chi connectivity index (χ1) is 9.86. The van der Waals surface area contributed by atoms with Crippen LogP contribution in [-0.2, 0) is 10.0 Å². The van der Waals surface area contributed by atoms with E-state index in [1.807, 2.05) is 6.07 Å². The van der Waals surface area contributed by atoms with Crippen molar-refractivity contribution in [2.75, 3.05) is 11.4 Å². The second-order valence-corrected chi connectivity index (χ2v) is 7.44. The quantitative estimate of drug-likeness (QED) is 0.807. The Morgan fingerprint density at radius 3 is 2.33 bits per heavy atom. The molecule has 0 fully saturated rings. The number of nitrogens with zero attached hydrogens (tertiary/aromatic N) is 2. The summed E-state index contributed by atoms with van der Waals surface area (Å²) in [4.78, 5) is 0.130. The molecule has 0 atom stereocenters. The minimum atomic E-state index is -3.69. The molecule has 2 aromatic rings. The lowest BCUT2D eigenvalue weighted by Gasteiger charge is -2.19. The summed E-state index contributed by atoms with van der Waals surface area (Å²) in [5.41, 5.74) is 0.943. The van der Waals surface area contributed by atoms with Crippen LogP contribution in [0.2, 0.25) is 5.02 Å². The van der Waals surface area contributed by atoms with E-state index in [9.17, 15) is 8.42 Å². The average Bonchev–Trinajstić information content (AvgIpc) is 2.49. The van der Waals surface area contributed by atoms with E-state index in [1.54, 1.807) is 24.3 Å². The van der Waals surface area contributed by atoms with Gasteiger partial charge in [-0.15, -0.1) is 0 Å². The maximum Gasteiger partial charge on any atom is 0.264 e. The fraction of sp³-hybridized carbons (Fsp3) is 0.0714. The summed E-state index contributed by atoms with van der Waals surface area (Å²) < 4.78 is 26.8. The molecule has 21 heavy (non-hydrogen) atoms. The lowest BCUT2D eigenvalue weighted by molar-refractivity contribution is 0.594. The van der Waals surface area contributed by atoms with Gasteiger partial charge in [-0.25, -0.2) is 8.42 Å². The van der Waals surface area contributed by atoms with Gasteiger partial charge in [0.2, 0.25) is 0 Å². The maximum absolute atomic E-state index is 12.5. The highest BCUT2D eigenvalue weighted by Crippen LogP contribution is 2.28. The van der Waals surface area contributed by atoms with E-state index >= 15 is 0 Å². The first kappa shape index (κ1) is 15.8. The molecule has 0 N–H and O–H groups in total. The predicted molar refractivity (Wildman–Crippen MR) is 85.9 cm³/mol. The standard InChI is InChI=1S/C14H10BrClN2O2S/c1-18(11-4-2-10(9-17)3-5-11)21(19,20)12-6-7-14(16)13(15)8-12/h2-8H,1H3. The normalized spacial score (nSPS) is 11.0. The number of hydrogen-bond acceptors (Lipinski definition) is 3. The van der Waals surface area contributed by atoms with Crippen molar-refractivity contribution in [1.29, 1.82) is 5.26 Å². The van der Waals surface area contributed by atoms with Crippen molar-refractivity contribution in [3.8, 4) is 6.07 Å². The van der Waals surface area contributed by atoms with Crippen molar-refractivity contribution in [3.63, 3.8) is 0 Å². The van der Waals surface area contributed by atoms with Gasteiger partial charge in [0.1, 0.15) is 0 Å². The highest BCUT2D eigenvalue weighted by atomic mass is 79.9. The van der Waals surface area contributed by atoms with Gasteiger partial charge < -0.3 is 0 Å². The summed E-state index contributed by atoms with van der Waals surface area (Å²) in [6, 6.07) is 12.7. The molecule has 0 aromatic heterocycles. The zero-order chi connectivity index (χ0) is 15.6. The zero-order valence-electron chi connectivity index (χ0n) is 10.9. The van der Waals surface area contributed by atoms with Crippen LogP contribution in [-0.4, -0.2) is 15.5 Å². The van der Waals surface area contributed by atoms with E-state index < -0.39 is 10.0 Å². The molecule has 0 aliphatic carbocycles. The second-order valence-electron chi connectivity index (χ2n) is 4.21. The molecule has 108 valence electrons. The van der Waals surface area contributed by atoms with E-state index in [0.717, 1.165) is 4.31 Å². The Labute approximate surface area is 136 Å². The van der Waals surface area contributed by atoms with Crippen LogP contribution in [0.15, 0.2) is 51.8 Å². The summed E-state index contributed by atoms with van der Waals surface area (Å²) in [6.07, 6.45) is 0. The fourth-order valence-electron chi connectivity index (χ4n) is 1.68. The van der Waals surface area contributed by atoms with Gasteiger partial charge in [0.05, 0.1) is 27.2 Å². The lowest BCUT2D eigenvalue weighted by Crippen LogP contribution is -2.26. The van der Waals surface area contributed by atoms with Gasteiger partial charge in [-0.05, 0) is 58.4 Å². The van der Waals surface area contributed by atoms with Crippen LogP contribution in [0.3, 0.4) is 0 Å². The Hall–Kier alpha value is -1.55. The lowest BCUT2D eigenvalue weighted by atomic mass is 10.2. The summed E-state index contributed by atoms with van der Waals surface area (Å²) in [5.74, 6) is 0. The molecule has 0 spiro atoms. The molecular weight excluding hydrogens is 376 g/mol. The number of rotatable bonds is 3. The first-order valence-corrected chi connectivity index (χ1v) is 8.41. The van der Waals surface area contributed by atoms with Crippen LogP contribution in [0, 0.1) is 11.3 Å². The van der Waals surface area contributed by atoms with Gasteiger partial charge in [0, 0.05) is 11.5 Å². The Morgan fingerprint density at radius 2 is 1.81 bits per heavy atom. The molecule has 4 nitrogen and oxygen atoms in total. The number of halogens is 2. The molecule has 0 amide bonds. The minimum Gasteiger partial charge on any atom is -0.269 e. The molecule has 7 heteroatoms. The molecule has 0 radical (unpaired) electrons. The fourth-order valence-corrected chi connectivity index (χ4v) is 3.55. The third-order valence-corrected chi connectivity index (χ3v) is 5.90. The summed E-state index contributed by atoms with van der Waals surface area (Å²) in [7, 11) is -2.23. The summed E-state index contributed by atoms with van der Waals surface area (Å²) >= 11 is 9.09. The Balaban J connectivity index is 2.42. The number of sulfonamides is 1. The van der Waals surface area contributed by atoms with Gasteiger partial charge in [0.25, 0.3) is 10.0 Å². The van der Waals surface area contributed by atoms with Crippen molar-refractivity contribution >= 4 is 43.2 Å². The molecule has 0 aliphatic heterocycles. The van der Waals surface area contributed by atoms with Crippen molar-refractivity contribution in [2.24, 2.45) is 0 Å². The van der Waals surface area contributed by atoms with E-state index in [4.69, 9.17) is 16.9 Å². The SMILES string of the molecule is CN(c1ccc(C#N)cc1)S(=O)(=O)c1ccc(Cl)c(Br)c1. The van der Waals surface area contributed by atoms with Crippen LogP contribution >= 0.6 is 27.5 Å². The van der Waals surface area contributed by atoms with E-state index in [-0.39, 0.29) is 4.90 Å². The van der Waals surface area contributed by atoms with E-state index in [0.29, 0.717) is 20.7 Å². The van der Waals surface area contributed by atoms with Crippen molar-refractivity contribution < 1.29 is 8.42 Å². The van der Waals surface area contributed by atoms with Crippen molar-refractivity contribution in [2.45, 2.75) is 4.90 Å². The number of anilines is 1. The summed E-state index contributed by atoms with van der Waals surface area (Å²) in [6.45, 7) is 0. The smallest absolute Gasteiger partial charge is 0.264 e. The van der Waals surface area contributed by atoms with Crippen LogP contribution in [0.1, 0.15) is 5.56 Å². The number of nitriles is 1. The van der Waals surface area contributed by atoms with Crippen LogP contribution in [0.25, 0.3) is 0 Å². The third-order valence-electron chi connectivity index (χ3n) is 2.91. The molecule has 2 aromatic carbocycles. The third kappa shape index (κ3) is 3.21. The van der Waals surface area contributed by atoms with E-state index in [2.05, 4.69) is 15.9 Å². The largest absolute Gasteiger partial charge is 0.269 e. The van der Waals surface area contributed by atoms with Crippen molar-refractivity contribution in [1.82, 2.24) is 0 Å². The molecular formula is C14H10BrClN2O2S. The Morgan fingerprint density at radius 1 is 1.19 bits per heavy atom. The Kier molecular flexibility index (Phi) is 4.57.